The van der Waals surface area contributed by atoms with Gasteiger partial charge in [0.15, 0.2) is 0 Å². The average Bonchev–Trinajstić information content (AvgIpc) is 2.61. The molecule has 0 spiro atoms. The number of carbonyl (C=O) groups is 1. The third kappa shape index (κ3) is 3.71. The van der Waals surface area contributed by atoms with Gasteiger partial charge in [0, 0.05) is 6.54 Å². The molecule has 0 radical (unpaired) electrons. The number of benzene rings is 2. The Bertz CT molecular complexity index is 642. The molecule has 0 aliphatic heterocycles. The van der Waals surface area contributed by atoms with E-state index in [1.54, 1.807) is 14.0 Å². The Hall–Kier alpha value is -2.33. The van der Waals surface area contributed by atoms with Crippen molar-refractivity contribution in [2.75, 3.05) is 20.3 Å². The quantitative estimate of drug-likeness (QED) is 0.798. The summed E-state index contributed by atoms with van der Waals surface area (Å²) in [6.45, 7) is 2.28. The summed E-state index contributed by atoms with van der Waals surface area (Å²) in [5.74, 6) is 0.386. The van der Waals surface area contributed by atoms with Gasteiger partial charge in [0.1, 0.15) is 11.2 Å². The SMILES string of the molecule is CCOC(=O)[C@](CN)(Cc1ccccc1)c1cccc(OC)c1. The van der Waals surface area contributed by atoms with E-state index in [9.17, 15) is 4.79 Å². The number of rotatable bonds is 7. The lowest BCUT2D eigenvalue weighted by Gasteiger charge is -2.31. The number of esters is 1. The van der Waals surface area contributed by atoms with Crippen LogP contribution >= 0.6 is 0 Å². The minimum Gasteiger partial charge on any atom is -0.497 e. The van der Waals surface area contributed by atoms with Crippen LogP contribution in [0, 0.1) is 0 Å². The number of nitrogens with two attached hydrogens (primary N) is 1. The number of hydrogen-bond donors (Lipinski definition) is 1. The van der Waals surface area contributed by atoms with Crippen molar-refractivity contribution >= 4 is 5.97 Å². The molecule has 23 heavy (non-hydrogen) atoms. The lowest BCUT2D eigenvalue weighted by molar-refractivity contribution is -0.149. The van der Waals surface area contributed by atoms with Crippen molar-refractivity contribution in [3.8, 4) is 5.75 Å². The summed E-state index contributed by atoms with van der Waals surface area (Å²) in [7, 11) is 1.60. The van der Waals surface area contributed by atoms with Crippen LogP contribution in [0.25, 0.3) is 0 Å². The van der Waals surface area contributed by atoms with Crippen LogP contribution in [0.5, 0.6) is 5.75 Å². The van der Waals surface area contributed by atoms with Gasteiger partial charge in [0.2, 0.25) is 0 Å². The molecule has 0 saturated carbocycles. The molecule has 0 unspecified atom stereocenters. The molecule has 1 atom stereocenters. The van der Waals surface area contributed by atoms with Crippen molar-refractivity contribution in [1.82, 2.24) is 0 Å². The van der Waals surface area contributed by atoms with Gasteiger partial charge < -0.3 is 15.2 Å². The normalized spacial score (nSPS) is 13.2. The van der Waals surface area contributed by atoms with E-state index in [-0.39, 0.29) is 12.5 Å². The van der Waals surface area contributed by atoms with Crippen molar-refractivity contribution < 1.29 is 14.3 Å². The highest BCUT2D eigenvalue weighted by Crippen LogP contribution is 2.31. The molecule has 4 heteroatoms. The maximum Gasteiger partial charge on any atom is 0.318 e. The van der Waals surface area contributed by atoms with Gasteiger partial charge in [0.25, 0.3) is 0 Å². The summed E-state index contributed by atoms with van der Waals surface area (Å²) >= 11 is 0. The van der Waals surface area contributed by atoms with Crippen LogP contribution in [-0.2, 0) is 21.4 Å². The number of hydrogen-bond acceptors (Lipinski definition) is 4. The van der Waals surface area contributed by atoms with Gasteiger partial charge in [-0.05, 0) is 36.6 Å². The molecular formula is C19H23NO3. The van der Waals surface area contributed by atoms with Gasteiger partial charge in [-0.15, -0.1) is 0 Å². The average molecular weight is 313 g/mol. The molecule has 0 fully saturated rings. The fraction of sp³-hybridized carbons (Fsp3) is 0.316. The van der Waals surface area contributed by atoms with Crippen molar-refractivity contribution in [3.63, 3.8) is 0 Å². The largest absolute Gasteiger partial charge is 0.497 e. The Morgan fingerprint density at radius 1 is 1.13 bits per heavy atom. The van der Waals surface area contributed by atoms with Crippen LogP contribution in [-0.4, -0.2) is 26.2 Å². The Morgan fingerprint density at radius 3 is 2.48 bits per heavy atom. The van der Waals surface area contributed by atoms with Gasteiger partial charge >= 0.3 is 5.97 Å². The van der Waals surface area contributed by atoms with E-state index in [2.05, 4.69) is 0 Å². The fourth-order valence-electron chi connectivity index (χ4n) is 2.70. The van der Waals surface area contributed by atoms with Gasteiger partial charge in [-0.2, -0.15) is 0 Å². The number of methoxy groups -OCH3 is 1. The van der Waals surface area contributed by atoms with Crippen molar-refractivity contribution in [2.45, 2.75) is 18.8 Å². The van der Waals surface area contributed by atoms with E-state index in [4.69, 9.17) is 15.2 Å². The molecule has 4 nitrogen and oxygen atoms in total. The van der Waals surface area contributed by atoms with E-state index in [0.29, 0.717) is 18.8 Å². The van der Waals surface area contributed by atoms with Gasteiger partial charge in [-0.25, -0.2) is 0 Å². The zero-order chi connectivity index (χ0) is 16.7. The van der Waals surface area contributed by atoms with E-state index >= 15 is 0 Å². The van der Waals surface area contributed by atoms with Crippen molar-refractivity contribution in [2.24, 2.45) is 5.73 Å². The highest BCUT2D eigenvalue weighted by Gasteiger charge is 2.41. The van der Waals surface area contributed by atoms with Crippen LogP contribution < -0.4 is 10.5 Å². The fourth-order valence-corrected chi connectivity index (χ4v) is 2.70. The Balaban J connectivity index is 2.50. The predicted octanol–water partition coefficient (Wildman–Crippen LogP) is 2.70. The van der Waals surface area contributed by atoms with E-state index in [0.717, 1.165) is 11.1 Å². The van der Waals surface area contributed by atoms with E-state index < -0.39 is 5.41 Å². The molecular weight excluding hydrogens is 290 g/mol. The summed E-state index contributed by atoms with van der Waals surface area (Å²) in [6.07, 6.45) is 0.482. The predicted molar refractivity (Wildman–Crippen MR) is 90.5 cm³/mol. The lowest BCUT2D eigenvalue weighted by atomic mass is 9.75. The molecule has 0 amide bonds. The molecule has 2 aromatic carbocycles. The molecule has 0 bridgehead atoms. The molecule has 2 N–H and O–H groups in total. The Labute approximate surface area is 137 Å². The summed E-state index contributed by atoms with van der Waals surface area (Å²) in [5.41, 5.74) is 6.99. The first-order chi connectivity index (χ1) is 11.2. The third-order valence-corrected chi connectivity index (χ3v) is 3.99. The Morgan fingerprint density at radius 2 is 1.87 bits per heavy atom. The third-order valence-electron chi connectivity index (χ3n) is 3.99. The number of carbonyl (C=O) groups excluding carboxylic acids is 1. The maximum absolute atomic E-state index is 12.8. The zero-order valence-corrected chi connectivity index (χ0v) is 13.6. The van der Waals surface area contributed by atoms with Crippen LogP contribution in [0.1, 0.15) is 18.1 Å². The summed E-state index contributed by atoms with van der Waals surface area (Å²) in [6, 6.07) is 17.3. The lowest BCUT2D eigenvalue weighted by Crippen LogP contribution is -2.46. The topological polar surface area (TPSA) is 61.5 Å². The van der Waals surface area contributed by atoms with E-state index in [1.807, 2.05) is 54.6 Å². The van der Waals surface area contributed by atoms with E-state index in [1.165, 1.54) is 0 Å². The molecule has 0 aromatic heterocycles. The summed E-state index contributed by atoms with van der Waals surface area (Å²) in [4.78, 5) is 12.8. The molecule has 0 saturated heterocycles. The molecule has 2 rings (SSSR count). The number of ether oxygens (including phenoxy) is 2. The van der Waals surface area contributed by atoms with Crippen LogP contribution in [0.3, 0.4) is 0 Å². The van der Waals surface area contributed by atoms with Crippen LogP contribution in [0.15, 0.2) is 54.6 Å². The minimum absolute atomic E-state index is 0.161. The highest BCUT2D eigenvalue weighted by molar-refractivity contribution is 5.84. The monoisotopic (exact) mass is 313 g/mol. The molecule has 122 valence electrons. The van der Waals surface area contributed by atoms with Crippen LogP contribution in [0.4, 0.5) is 0 Å². The maximum atomic E-state index is 12.8. The first-order valence-corrected chi connectivity index (χ1v) is 7.72. The first-order valence-electron chi connectivity index (χ1n) is 7.72. The zero-order valence-electron chi connectivity index (χ0n) is 13.6. The molecule has 0 aliphatic carbocycles. The first kappa shape index (κ1) is 17.0. The molecule has 0 aliphatic rings. The van der Waals surface area contributed by atoms with Gasteiger partial charge in [0.05, 0.1) is 13.7 Å². The van der Waals surface area contributed by atoms with Gasteiger partial charge in [-0.1, -0.05) is 42.5 Å². The molecule has 0 heterocycles. The van der Waals surface area contributed by atoms with Crippen molar-refractivity contribution in [1.29, 1.82) is 0 Å². The van der Waals surface area contributed by atoms with Gasteiger partial charge in [-0.3, -0.25) is 4.79 Å². The molecule has 2 aromatic rings. The Kier molecular flexibility index (Phi) is 5.77. The van der Waals surface area contributed by atoms with Crippen LogP contribution in [0.2, 0.25) is 0 Å². The summed E-state index contributed by atoms with van der Waals surface area (Å²) < 4.78 is 10.6. The highest BCUT2D eigenvalue weighted by atomic mass is 16.5. The second-order valence-corrected chi connectivity index (χ2v) is 5.40. The second-order valence-electron chi connectivity index (χ2n) is 5.40. The summed E-state index contributed by atoms with van der Waals surface area (Å²) in [5, 5.41) is 0. The minimum atomic E-state index is -0.925. The second kappa shape index (κ2) is 7.79. The smallest absolute Gasteiger partial charge is 0.318 e. The van der Waals surface area contributed by atoms with Crippen molar-refractivity contribution in [3.05, 3.63) is 65.7 Å². The standard InChI is InChI=1S/C19H23NO3/c1-3-23-18(21)19(14-20,13-15-8-5-4-6-9-15)16-10-7-11-17(12-16)22-2/h4-12H,3,13-14,20H2,1-2H3/t19-/m0/s1.